The molecule has 0 aliphatic carbocycles. The van der Waals surface area contributed by atoms with E-state index in [1.807, 2.05) is 0 Å². The number of halogens is 1. The maximum atomic E-state index is 11.8. The number of nitro groups is 1. The Morgan fingerprint density at radius 2 is 2.26 bits per heavy atom. The summed E-state index contributed by atoms with van der Waals surface area (Å²) in [5.41, 5.74) is -0.146. The molecule has 1 aromatic carbocycles. The molecule has 0 unspecified atom stereocenters. The van der Waals surface area contributed by atoms with Crippen molar-refractivity contribution in [2.24, 2.45) is 0 Å². The molecule has 0 radical (unpaired) electrons. The third-order valence-corrected chi connectivity index (χ3v) is 3.55. The van der Waals surface area contributed by atoms with Crippen molar-refractivity contribution in [3.63, 3.8) is 0 Å². The van der Waals surface area contributed by atoms with E-state index in [1.54, 1.807) is 6.92 Å². The lowest BCUT2D eigenvalue weighted by Gasteiger charge is -2.03. The van der Waals surface area contributed by atoms with Crippen molar-refractivity contribution in [2.45, 2.75) is 6.92 Å². The van der Waals surface area contributed by atoms with Gasteiger partial charge < -0.3 is 5.32 Å². The highest BCUT2D eigenvalue weighted by molar-refractivity contribution is 7.17. The summed E-state index contributed by atoms with van der Waals surface area (Å²) in [6.07, 6.45) is 0. The monoisotopic (exact) mass is 301 g/mol. The van der Waals surface area contributed by atoms with Crippen molar-refractivity contribution in [3.05, 3.63) is 36.9 Å². The van der Waals surface area contributed by atoms with Gasteiger partial charge in [0, 0.05) is 17.6 Å². The van der Waals surface area contributed by atoms with Crippen LogP contribution in [0.1, 0.15) is 6.92 Å². The van der Waals surface area contributed by atoms with E-state index >= 15 is 0 Å². The largest absolute Gasteiger partial charge is 0.338 e. The number of nitrogens with one attached hydrogen (secondary N) is 1. The Hall–Kier alpha value is -1.93. The van der Waals surface area contributed by atoms with E-state index in [0.717, 1.165) is 10.6 Å². The third-order valence-electron chi connectivity index (χ3n) is 2.36. The van der Waals surface area contributed by atoms with Gasteiger partial charge in [0.05, 0.1) is 10.4 Å². The molecule has 1 heterocycles. The molecule has 0 fully saturated rings. The number of non-ortho nitro benzene ring substituents is 1. The van der Waals surface area contributed by atoms with Crippen LogP contribution in [0.15, 0.2) is 16.9 Å². The van der Waals surface area contributed by atoms with Gasteiger partial charge in [-0.05, 0) is 13.0 Å². The van der Waals surface area contributed by atoms with Crippen LogP contribution >= 0.6 is 22.9 Å². The molecule has 0 aliphatic heterocycles. The van der Waals surface area contributed by atoms with Crippen LogP contribution in [-0.4, -0.2) is 22.1 Å². The second-order valence-corrected chi connectivity index (χ2v) is 4.97. The first-order valence-corrected chi connectivity index (χ1v) is 6.42. The van der Waals surface area contributed by atoms with Crippen molar-refractivity contribution in [1.82, 2.24) is 9.88 Å². The predicted octanol–water partition coefficient (Wildman–Crippen LogP) is 2.20. The number of carbonyl (C=O) groups is 1. The molecule has 1 amide bonds. The predicted molar refractivity (Wildman–Crippen MR) is 72.2 cm³/mol. The van der Waals surface area contributed by atoms with E-state index in [1.165, 1.54) is 6.07 Å². The van der Waals surface area contributed by atoms with Crippen LogP contribution in [0.2, 0.25) is 5.02 Å². The van der Waals surface area contributed by atoms with Crippen molar-refractivity contribution >= 4 is 44.9 Å². The zero-order chi connectivity index (χ0) is 14.2. The van der Waals surface area contributed by atoms with Crippen LogP contribution in [0, 0.1) is 10.1 Å². The molecule has 7 nitrogen and oxygen atoms in total. The fourth-order valence-corrected chi connectivity index (χ4v) is 2.77. The second kappa shape index (κ2) is 4.98. The van der Waals surface area contributed by atoms with E-state index in [2.05, 4.69) is 5.32 Å². The summed E-state index contributed by atoms with van der Waals surface area (Å²) in [6.45, 7) is 2.04. The minimum atomic E-state index is -0.633. The van der Waals surface area contributed by atoms with Gasteiger partial charge in [0.1, 0.15) is 4.70 Å². The molecule has 0 bridgehead atoms. The van der Waals surface area contributed by atoms with Gasteiger partial charge in [0.25, 0.3) is 5.69 Å². The molecule has 0 spiro atoms. The van der Waals surface area contributed by atoms with Gasteiger partial charge in [-0.3, -0.25) is 14.9 Å². The Labute approximate surface area is 115 Å². The summed E-state index contributed by atoms with van der Waals surface area (Å²) in [5.74, 6) is 0. The summed E-state index contributed by atoms with van der Waals surface area (Å²) in [5, 5.41) is 13.5. The first-order valence-electron chi connectivity index (χ1n) is 5.23. The molecule has 1 N–H and O–H groups in total. The number of thiazole rings is 1. The lowest BCUT2D eigenvalue weighted by atomic mass is 10.3. The number of hydrogen-bond donors (Lipinski definition) is 1. The number of amides is 1. The Morgan fingerprint density at radius 1 is 1.58 bits per heavy atom. The fraction of sp³-hybridized carbons (Fsp3) is 0.200. The van der Waals surface area contributed by atoms with Crippen LogP contribution in [-0.2, 0) is 0 Å². The average Bonchev–Trinajstić information content (AvgIpc) is 2.64. The van der Waals surface area contributed by atoms with Crippen molar-refractivity contribution in [2.75, 3.05) is 6.54 Å². The number of nitrogens with zero attached hydrogens (tertiary/aromatic N) is 2. The number of hydrogen-bond acceptors (Lipinski definition) is 5. The third kappa shape index (κ3) is 2.32. The summed E-state index contributed by atoms with van der Waals surface area (Å²) in [7, 11) is 0. The van der Waals surface area contributed by atoms with Gasteiger partial charge in [0.2, 0.25) is 0 Å². The molecular weight excluding hydrogens is 294 g/mol. The van der Waals surface area contributed by atoms with E-state index in [4.69, 9.17) is 11.6 Å². The number of aromatic nitrogens is 1. The molecule has 1 aromatic heterocycles. The van der Waals surface area contributed by atoms with Crippen LogP contribution in [0.3, 0.4) is 0 Å². The lowest BCUT2D eigenvalue weighted by Crippen LogP contribution is -2.33. The lowest BCUT2D eigenvalue weighted by molar-refractivity contribution is -0.382. The maximum absolute atomic E-state index is 11.8. The van der Waals surface area contributed by atoms with Crippen LogP contribution < -0.4 is 10.2 Å². The fourth-order valence-electron chi connectivity index (χ4n) is 1.63. The van der Waals surface area contributed by atoms with Crippen LogP contribution in [0.4, 0.5) is 10.5 Å². The van der Waals surface area contributed by atoms with Crippen LogP contribution in [0.5, 0.6) is 0 Å². The minimum Gasteiger partial charge on any atom is -0.338 e. The highest BCUT2D eigenvalue weighted by Gasteiger charge is 2.22. The van der Waals surface area contributed by atoms with Crippen LogP contribution in [0.25, 0.3) is 10.2 Å². The number of nitro benzene ring substituents is 1. The van der Waals surface area contributed by atoms with Gasteiger partial charge in [-0.25, -0.2) is 9.36 Å². The molecule has 9 heteroatoms. The number of carbonyl (C=O) groups excluding carboxylic acids is 1. The summed E-state index contributed by atoms with van der Waals surface area (Å²) in [4.78, 5) is 33.3. The first-order chi connectivity index (χ1) is 8.95. The molecule has 0 aliphatic rings. The number of fused-ring (bicyclic) bond motifs is 1. The summed E-state index contributed by atoms with van der Waals surface area (Å²) in [6, 6.07) is 1.88. The Balaban J connectivity index is 2.81. The minimum absolute atomic E-state index is 0.0926. The highest BCUT2D eigenvalue weighted by atomic mass is 35.5. The first kappa shape index (κ1) is 13.5. The van der Waals surface area contributed by atoms with Gasteiger partial charge in [-0.15, -0.1) is 0 Å². The number of benzene rings is 1. The van der Waals surface area contributed by atoms with Gasteiger partial charge in [-0.2, -0.15) is 0 Å². The molecule has 2 aromatic rings. The standard InChI is InChI=1S/C10H8ClN3O4S/c1-2-12-9(15)13-6-3-5(11)4-7(14(17)18)8(6)19-10(13)16/h3-4H,2H2,1H3,(H,12,15). The zero-order valence-electron chi connectivity index (χ0n) is 9.68. The highest BCUT2D eigenvalue weighted by Crippen LogP contribution is 2.31. The van der Waals surface area contributed by atoms with E-state index in [-0.39, 0.29) is 20.9 Å². The second-order valence-electron chi connectivity index (χ2n) is 3.57. The Kier molecular flexibility index (Phi) is 3.54. The molecule has 0 atom stereocenters. The topological polar surface area (TPSA) is 94.2 Å². The van der Waals surface area contributed by atoms with E-state index in [9.17, 15) is 19.7 Å². The molecule has 0 saturated heterocycles. The summed E-state index contributed by atoms with van der Waals surface area (Å²) < 4.78 is 0.980. The van der Waals surface area contributed by atoms with Gasteiger partial charge in [0.15, 0.2) is 0 Å². The van der Waals surface area contributed by atoms with Gasteiger partial charge >= 0.3 is 10.9 Å². The van der Waals surface area contributed by atoms with Crippen molar-refractivity contribution < 1.29 is 9.72 Å². The molecule has 2 rings (SSSR count). The SMILES string of the molecule is CCNC(=O)n1c(=O)sc2c([N+](=O)[O-])cc(Cl)cc21. The van der Waals surface area contributed by atoms with E-state index < -0.39 is 15.8 Å². The average molecular weight is 302 g/mol. The zero-order valence-corrected chi connectivity index (χ0v) is 11.2. The quantitative estimate of drug-likeness (QED) is 0.679. The smallest absolute Gasteiger partial charge is 0.329 e. The Bertz CT molecular complexity index is 736. The molecular formula is C10H8ClN3O4S. The Morgan fingerprint density at radius 3 is 2.84 bits per heavy atom. The van der Waals surface area contributed by atoms with E-state index in [0.29, 0.717) is 17.9 Å². The summed E-state index contributed by atoms with van der Waals surface area (Å²) >= 11 is 6.43. The van der Waals surface area contributed by atoms with Crippen molar-refractivity contribution in [3.8, 4) is 0 Å². The normalized spacial score (nSPS) is 10.6. The maximum Gasteiger partial charge on any atom is 0.329 e. The number of rotatable bonds is 2. The molecule has 19 heavy (non-hydrogen) atoms. The molecule has 0 saturated carbocycles. The molecule has 100 valence electrons. The van der Waals surface area contributed by atoms with Crippen molar-refractivity contribution in [1.29, 1.82) is 0 Å². The van der Waals surface area contributed by atoms with Gasteiger partial charge in [-0.1, -0.05) is 22.9 Å².